The van der Waals surface area contributed by atoms with E-state index >= 15 is 0 Å². The summed E-state index contributed by atoms with van der Waals surface area (Å²) in [5, 5.41) is 0.621. The van der Waals surface area contributed by atoms with E-state index in [1.54, 1.807) is 42.2 Å². The van der Waals surface area contributed by atoms with E-state index in [9.17, 15) is 9.59 Å². The van der Waals surface area contributed by atoms with Crippen LogP contribution in [-0.2, 0) is 17.9 Å². The maximum Gasteiger partial charge on any atom is 0.446 e. The Morgan fingerprint density at radius 2 is 1.90 bits per heavy atom. The molecule has 29 heavy (non-hydrogen) atoms. The van der Waals surface area contributed by atoms with E-state index in [0.29, 0.717) is 23.2 Å². The first-order chi connectivity index (χ1) is 14.1. The topological polar surface area (TPSA) is 62.0 Å². The Morgan fingerprint density at radius 3 is 2.66 bits per heavy atom. The molecule has 2 aromatic rings. The number of halogens is 1. The van der Waals surface area contributed by atoms with Crippen molar-refractivity contribution in [1.29, 1.82) is 0 Å². The second-order valence-electron chi connectivity index (χ2n) is 6.73. The molecule has 1 unspecified atom stereocenters. The number of allylic oxidation sites excluding steroid dienone is 1. The van der Waals surface area contributed by atoms with Crippen molar-refractivity contribution in [3.63, 3.8) is 0 Å². The number of hydrogen-bond acceptors (Lipinski definition) is 4. The fourth-order valence-electron chi connectivity index (χ4n) is 3.45. The van der Waals surface area contributed by atoms with Gasteiger partial charge in [-0.1, -0.05) is 48.0 Å². The normalized spacial score (nSPS) is 18.3. The number of methoxy groups -OCH3 is 1. The van der Waals surface area contributed by atoms with Crippen molar-refractivity contribution in [3.05, 3.63) is 76.8 Å². The molecule has 2 aromatic carbocycles. The van der Waals surface area contributed by atoms with E-state index in [0.717, 1.165) is 11.1 Å². The third-order valence-electron chi connectivity index (χ3n) is 4.92. The Balaban J connectivity index is 1.72. The first kappa shape index (κ1) is 19.1. The Hall–Kier alpha value is -3.25. The van der Waals surface area contributed by atoms with Gasteiger partial charge in [0.1, 0.15) is 25.1 Å². The van der Waals surface area contributed by atoms with E-state index in [1.807, 2.05) is 36.4 Å². The quantitative estimate of drug-likeness (QED) is 0.709. The maximum absolute atomic E-state index is 13.3. The minimum absolute atomic E-state index is 0.125. The Bertz CT molecular complexity index is 1060. The highest BCUT2D eigenvalue weighted by Gasteiger charge is 2.46. The molecule has 0 saturated heterocycles. The lowest BCUT2D eigenvalue weighted by Crippen LogP contribution is -2.53. The van der Waals surface area contributed by atoms with E-state index in [4.69, 9.17) is 16.3 Å². The summed E-state index contributed by atoms with van der Waals surface area (Å²) in [6.07, 6.45) is 5.09. The number of fused-ring (bicyclic) bond motifs is 1. The molecule has 0 N–H and O–H groups in total. The van der Waals surface area contributed by atoms with E-state index in [2.05, 4.69) is 4.99 Å². The second kappa shape index (κ2) is 8.01. The molecular weight excluding hydrogens is 390 g/mol. The lowest BCUT2D eigenvalue weighted by atomic mass is 10.0. The van der Waals surface area contributed by atoms with Crippen LogP contribution in [0.3, 0.4) is 0 Å². The van der Waals surface area contributed by atoms with Crippen LogP contribution in [0.2, 0.25) is 5.02 Å². The molecule has 7 heteroatoms. The summed E-state index contributed by atoms with van der Waals surface area (Å²) in [4.78, 5) is 32.0. The average molecular weight is 409 g/mol. The van der Waals surface area contributed by atoms with Gasteiger partial charge in [0.25, 0.3) is 5.84 Å². The average Bonchev–Trinajstić information content (AvgIpc) is 2.75. The molecule has 0 aliphatic carbocycles. The molecule has 0 fully saturated rings. The lowest BCUT2D eigenvalue weighted by Gasteiger charge is -2.27. The fourth-order valence-corrected chi connectivity index (χ4v) is 3.58. The number of amides is 3. The highest BCUT2D eigenvalue weighted by molar-refractivity contribution is 6.30. The monoisotopic (exact) mass is 408 g/mol. The van der Waals surface area contributed by atoms with Gasteiger partial charge in [0.15, 0.2) is 5.92 Å². The van der Waals surface area contributed by atoms with Crippen LogP contribution in [0.25, 0.3) is 0 Å². The molecule has 1 atom stereocenters. The van der Waals surface area contributed by atoms with Gasteiger partial charge in [-0.05, 0) is 29.8 Å². The molecule has 0 radical (unpaired) electrons. The minimum atomic E-state index is -0.597. The lowest BCUT2D eigenvalue weighted by molar-refractivity contribution is -0.458. The fraction of sp³-hybridized carbons (Fsp3) is 0.182. The Labute approximate surface area is 173 Å². The Kier molecular flexibility index (Phi) is 5.27. The van der Waals surface area contributed by atoms with Crippen LogP contribution in [-0.4, -0.2) is 40.6 Å². The number of nitrogens with zero attached hydrogens (tertiary/aromatic N) is 3. The van der Waals surface area contributed by atoms with Crippen LogP contribution in [0.5, 0.6) is 5.75 Å². The number of dihydropyridines is 1. The zero-order valence-corrected chi connectivity index (χ0v) is 16.5. The molecule has 0 saturated carbocycles. The SMILES string of the molecule is COc1ccccc1CN1C(=O)C2C=CC=NC2=[N+](Cc2ccc(Cl)cc2)C1=O. The van der Waals surface area contributed by atoms with E-state index in [1.165, 1.54) is 4.90 Å². The number of para-hydroxylation sites is 1. The molecule has 6 nitrogen and oxygen atoms in total. The summed E-state index contributed by atoms with van der Waals surface area (Å²) in [6, 6.07) is 14.2. The maximum atomic E-state index is 13.3. The number of hydrogen-bond donors (Lipinski definition) is 0. The van der Waals surface area contributed by atoms with Gasteiger partial charge in [0.05, 0.1) is 7.11 Å². The highest BCUT2D eigenvalue weighted by atomic mass is 35.5. The van der Waals surface area contributed by atoms with Crippen molar-refractivity contribution in [3.8, 4) is 5.75 Å². The molecule has 3 amide bonds. The summed E-state index contributed by atoms with van der Waals surface area (Å²) in [5.74, 6) is 0.175. The van der Waals surface area contributed by atoms with E-state index in [-0.39, 0.29) is 12.5 Å². The van der Waals surface area contributed by atoms with Crippen molar-refractivity contribution in [2.45, 2.75) is 13.1 Å². The van der Waals surface area contributed by atoms with Gasteiger partial charge in [0.2, 0.25) is 0 Å². The predicted molar refractivity (Wildman–Crippen MR) is 110 cm³/mol. The van der Waals surface area contributed by atoms with Gasteiger partial charge in [0, 0.05) is 10.6 Å². The Morgan fingerprint density at radius 1 is 1.14 bits per heavy atom. The number of imide groups is 1. The number of carbonyl (C=O) groups excluding carboxylic acids is 2. The minimum Gasteiger partial charge on any atom is -0.496 e. The molecule has 0 aromatic heterocycles. The van der Waals surface area contributed by atoms with Gasteiger partial charge in [-0.2, -0.15) is 9.48 Å². The molecular formula is C22H19ClN3O3+. The summed E-state index contributed by atoms with van der Waals surface area (Å²) >= 11 is 5.97. The number of carbonyl (C=O) groups is 2. The first-order valence-electron chi connectivity index (χ1n) is 9.15. The van der Waals surface area contributed by atoms with Crippen LogP contribution in [0, 0.1) is 5.92 Å². The van der Waals surface area contributed by atoms with Crippen molar-refractivity contribution < 1.29 is 18.9 Å². The molecule has 0 bridgehead atoms. The number of amidine groups is 1. The number of rotatable bonds is 5. The summed E-state index contributed by atoms with van der Waals surface area (Å²) in [7, 11) is 1.57. The number of ether oxygens (including phenoxy) is 1. The number of aliphatic imine (C=N–C) groups is 1. The molecule has 2 aliphatic heterocycles. The standard InChI is InChI=1S/C22H19ClN3O3/c1-29-19-7-3-2-5-16(19)14-26-21(27)18-6-4-12-24-20(18)25(22(26)28)13-15-8-10-17(23)11-9-15/h2-12,18H,13-14H2,1H3/q+1. The van der Waals surface area contributed by atoms with Crippen LogP contribution in [0.1, 0.15) is 11.1 Å². The van der Waals surface area contributed by atoms with Gasteiger partial charge in [-0.15, -0.1) is 4.99 Å². The van der Waals surface area contributed by atoms with Crippen LogP contribution >= 0.6 is 11.6 Å². The van der Waals surface area contributed by atoms with Crippen molar-refractivity contribution in [2.75, 3.05) is 7.11 Å². The molecule has 4 rings (SSSR count). The summed E-state index contributed by atoms with van der Waals surface area (Å²) in [5.41, 5.74) is 1.65. The summed E-state index contributed by atoms with van der Waals surface area (Å²) < 4.78 is 6.93. The molecule has 0 spiro atoms. The number of benzene rings is 2. The van der Waals surface area contributed by atoms with Crippen molar-refractivity contribution in [2.24, 2.45) is 10.9 Å². The van der Waals surface area contributed by atoms with E-state index < -0.39 is 11.9 Å². The van der Waals surface area contributed by atoms with Gasteiger partial charge in [-0.25, -0.2) is 4.79 Å². The zero-order chi connectivity index (χ0) is 20.4. The van der Waals surface area contributed by atoms with Gasteiger partial charge in [-0.3, -0.25) is 4.79 Å². The third-order valence-corrected chi connectivity index (χ3v) is 5.17. The van der Waals surface area contributed by atoms with Gasteiger partial charge >= 0.3 is 11.9 Å². The van der Waals surface area contributed by atoms with Crippen LogP contribution in [0.4, 0.5) is 4.79 Å². The molecule has 2 aliphatic rings. The van der Waals surface area contributed by atoms with Gasteiger partial charge < -0.3 is 4.74 Å². The van der Waals surface area contributed by atoms with Crippen LogP contribution in [0.15, 0.2) is 65.7 Å². The highest BCUT2D eigenvalue weighted by Crippen LogP contribution is 2.25. The largest absolute Gasteiger partial charge is 0.496 e. The number of urea groups is 1. The third kappa shape index (κ3) is 3.71. The predicted octanol–water partition coefficient (Wildman–Crippen LogP) is 3.68. The molecule has 146 valence electrons. The smallest absolute Gasteiger partial charge is 0.446 e. The second-order valence-corrected chi connectivity index (χ2v) is 7.17. The van der Waals surface area contributed by atoms with Crippen LogP contribution < -0.4 is 4.74 Å². The van der Waals surface area contributed by atoms with Crippen molar-refractivity contribution in [1.82, 2.24) is 4.90 Å². The first-order valence-corrected chi connectivity index (χ1v) is 9.53. The molecule has 2 heterocycles. The van der Waals surface area contributed by atoms with Crippen molar-refractivity contribution >= 4 is 35.6 Å². The zero-order valence-electron chi connectivity index (χ0n) is 15.8. The summed E-state index contributed by atoms with van der Waals surface area (Å²) in [6.45, 7) is 0.419.